The second-order valence-electron chi connectivity index (χ2n) is 11.2. The maximum atomic E-state index is 4.85. The van der Waals surface area contributed by atoms with E-state index in [2.05, 4.69) is 72.7 Å². The Bertz CT molecular complexity index is 890. The van der Waals surface area contributed by atoms with Gasteiger partial charge in [0.2, 0.25) is 0 Å². The predicted octanol–water partition coefficient (Wildman–Crippen LogP) is 9.79. The van der Waals surface area contributed by atoms with Crippen LogP contribution < -0.4 is 0 Å². The van der Waals surface area contributed by atoms with Crippen LogP contribution in [-0.2, 0) is 21.6 Å². The summed E-state index contributed by atoms with van der Waals surface area (Å²) in [5, 5.41) is 0. The molecule has 2 nitrogen and oxygen atoms in total. The Balaban J connectivity index is 0.00000102. The van der Waals surface area contributed by atoms with Gasteiger partial charge < -0.3 is 9.80 Å². The summed E-state index contributed by atoms with van der Waals surface area (Å²) >= 11 is -0.346. The molecule has 3 saturated carbocycles. The number of hydrogen-bond donors (Lipinski definition) is 0. The minimum absolute atomic E-state index is 0.0357. The fourth-order valence-corrected chi connectivity index (χ4v) is 11.8. The Labute approximate surface area is 243 Å². The first-order valence-corrected chi connectivity index (χ1v) is 20.4. The van der Waals surface area contributed by atoms with Gasteiger partial charge in [-0.25, -0.2) is 0 Å². The van der Waals surface area contributed by atoms with E-state index >= 15 is 0 Å². The Morgan fingerprint density at radius 1 is 0.811 bits per heavy atom. The average Bonchev–Trinajstić information content (AvgIpc) is 3.27. The summed E-state index contributed by atoms with van der Waals surface area (Å²) in [7, 11) is 14.2. The van der Waals surface area contributed by atoms with Crippen molar-refractivity contribution >= 4 is 27.3 Å². The third-order valence-electron chi connectivity index (χ3n) is 8.82. The number of rotatable bonds is 5. The second-order valence-corrected chi connectivity index (χ2v) is 16.8. The molecular formula is C31H45Cl2N2PRu. The van der Waals surface area contributed by atoms with Crippen LogP contribution in [0.4, 0.5) is 0 Å². The molecular weight excluding hydrogens is 603 g/mol. The number of benzene rings is 1. The SMILES string of the molecule is CN1C=CN(C)C1=C1CCCC(P(C2CCCCC2)C2CCCCC2)C1=CCc1ccccc1.[Cl][Ru][Cl]. The molecule has 1 unspecified atom stereocenters. The van der Waals surface area contributed by atoms with E-state index in [1.807, 2.05) is 0 Å². The average molecular weight is 649 g/mol. The molecule has 1 heterocycles. The van der Waals surface area contributed by atoms with Crippen molar-refractivity contribution in [3.8, 4) is 0 Å². The van der Waals surface area contributed by atoms with E-state index < -0.39 is 0 Å². The summed E-state index contributed by atoms with van der Waals surface area (Å²) in [6, 6.07) is 11.2. The summed E-state index contributed by atoms with van der Waals surface area (Å²) < 4.78 is 0. The second kappa shape index (κ2) is 15.5. The van der Waals surface area contributed by atoms with Gasteiger partial charge in [0.05, 0.1) is 0 Å². The monoisotopic (exact) mass is 648 g/mol. The molecule has 37 heavy (non-hydrogen) atoms. The molecule has 0 amide bonds. The van der Waals surface area contributed by atoms with Gasteiger partial charge in [-0.2, -0.15) is 0 Å². The topological polar surface area (TPSA) is 6.48 Å². The fraction of sp³-hybridized carbons (Fsp3) is 0.613. The van der Waals surface area contributed by atoms with Crippen molar-refractivity contribution in [2.24, 2.45) is 0 Å². The molecule has 206 valence electrons. The van der Waals surface area contributed by atoms with Gasteiger partial charge in [-0.15, -0.1) is 0 Å². The maximum absolute atomic E-state index is 4.85. The molecule has 1 aromatic rings. The molecule has 0 aromatic heterocycles. The van der Waals surface area contributed by atoms with Gasteiger partial charge in [0.25, 0.3) is 0 Å². The van der Waals surface area contributed by atoms with Crippen molar-refractivity contribution in [1.29, 1.82) is 0 Å². The molecule has 6 heteroatoms. The number of allylic oxidation sites excluding steroid dienone is 3. The van der Waals surface area contributed by atoms with Gasteiger partial charge >= 0.3 is 34.5 Å². The molecule has 5 rings (SSSR count). The van der Waals surface area contributed by atoms with Crippen molar-refractivity contribution < 1.29 is 15.1 Å². The van der Waals surface area contributed by atoms with E-state index in [9.17, 15) is 0 Å². The first kappa shape index (κ1) is 29.7. The van der Waals surface area contributed by atoms with Gasteiger partial charge in [-0.1, -0.05) is 82.9 Å². The van der Waals surface area contributed by atoms with E-state index in [1.165, 1.54) is 94.9 Å². The zero-order chi connectivity index (χ0) is 26.0. The molecule has 0 saturated heterocycles. The van der Waals surface area contributed by atoms with Gasteiger partial charge in [0, 0.05) is 32.2 Å². The van der Waals surface area contributed by atoms with Gasteiger partial charge in [0.1, 0.15) is 5.82 Å². The number of halogens is 2. The number of nitrogens with zero attached hydrogens (tertiary/aromatic N) is 2. The van der Waals surface area contributed by atoms with Gasteiger partial charge in [-0.3, -0.25) is 0 Å². The zero-order valence-electron chi connectivity index (χ0n) is 22.7. The van der Waals surface area contributed by atoms with Crippen molar-refractivity contribution in [1.82, 2.24) is 9.80 Å². The normalized spacial score (nSPS) is 24.8. The molecule has 0 N–H and O–H groups in total. The van der Waals surface area contributed by atoms with Crippen LogP contribution in [0.2, 0.25) is 0 Å². The zero-order valence-corrected chi connectivity index (χ0v) is 26.8. The third-order valence-corrected chi connectivity index (χ3v) is 12.8. The first-order chi connectivity index (χ1) is 18.1. The summed E-state index contributed by atoms with van der Waals surface area (Å²) in [6.07, 6.45) is 27.2. The molecule has 3 aliphatic carbocycles. The van der Waals surface area contributed by atoms with E-state index in [-0.39, 0.29) is 23.1 Å². The standard InChI is InChI=1S/C31H45N2P.2ClH.Ru/c1-32-23-24-33(2)31(32)29-19-12-20-30(28(29)22-21-25-13-6-3-7-14-25)34(26-15-8-4-9-16-26)27-17-10-5-11-18-27;;;/h3,6-7,13-14,22-24,26-27,30H,4-5,8-12,15-21H2,1-2H3;2*1H;/q;;;+2/p-2. The summed E-state index contributed by atoms with van der Waals surface area (Å²) in [5.74, 6) is 1.44. The first-order valence-electron chi connectivity index (χ1n) is 14.4. The van der Waals surface area contributed by atoms with Crippen molar-refractivity contribution in [3.63, 3.8) is 0 Å². The van der Waals surface area contributed by atoms with E-state index in [4.69, 9.17) is 19.4 Å². The molecule has 0 spiro atoms. The van der Waals surface area contributed by atoms with E-state index in [1.54, 1.807) is 11.1 Å². The molecule has 0 radical (unpaired) electrons. The van der Waals surface area contributed by atoms with Crippen LogP contribution in [-0.4, -0.2) is 40.9 Å². The van der Waals surface area contributed by atoms with Crippen molar-refractivity contribution in [2.75, 3.05) is 14.1 Å². The quantitative estimate of drug-likeness (QED) is 0.232. The molecule has 1 atom stereocenters. The van der Waals surface area contributed by atoms with Crippen molar-refractivity contribution in [3.05, 3.63) is 71.3 Å². The fourth-order valence-electron chi connectivity index (χ4n) is 7.21. The van der Waals surface area contributed by atoms with Gasteiger partial charge in [-0.05, 0) is 79.4 Å². The van der Waals surface area contributed by atoms with Gasteiger partial charge in [0.15, 0.2) is 0 Å². The van der Waals surface area contributed by atoms with Crippen LogP contribution in [0.25, 0.3) is 0 Å². The molecule has 0 bridgehead atoms. The molecule has 1 aliphatic heterocycles. The summed E-state index contributed by atoms with van der Waals surface area (Å²) in [4.78, 5) is 4.75. The Morgan fingerprint density at radius 3 is 1.89 bits per heavy atom. The van der Waals surface area contributed by atoms with Crippen LogP contribution in [0.5, 0.6) is 0 Å². The van der Waals surface area contributed by atoms with Crippen LogP contribution in [0.3, 0.4) is 0 Å². The third kappa shape index (κ3) is 7.87. The van der Waals surface area contributed by atoms with Crippen LogP contribution in [0.15, 0.2) is 65.8 Å². The Morgan fingerprint density at radius 2 is 1.35 bits per heavy atom. The Kier molecular flexibility index (Phi) is 12.4. The molecule has 4 aliphatic rings. The predicted molar refractivity (Wildman–Crippen MR) is 160 cm³/mol. The summed E-state index contributed by atoms with van der Waals surface area (Å²) in [6.45, 7) is 0. The molecule has 3 fully saturated rings. The van der Waals surface area contributed by atoms with Crippen molar-refractivity contribution in [2.45, 2.75) is 107 Å². The van der Waals surface area contributed by atoms with E-state index in [0.717, 1.165) is 23.4 Å². The minimum atomic E-state index is -0.346. The van der Waals surface area contributed by atoms with Crippen LogP contribution in [0.1, 0.15) is 89.0 Å². The number of hydrogen-bond acceptors (Lipinski definition) is 2. The van der Waals surface area contributed by atoms with Crippen LogP contribution in [0, 0.1) is 0 Å². The van der Waals surface area contributed by atoms with E-state index in [0.29, 0.717) is 0 Å². The molecule has 1 aromatic carbocycles. The summed E-state index contributed by atoms with van der Waals surface area (Å²) in [5.41, 5.74) is 7.69. The van der Waals surface area contributed by atoms with Crippen LogP contribution >= 0.6 is 27.3 Å². The Hall–Kier alpha value is -0.327.